The summed E-state index contributed by atoms with van der Waals surface area (Å²) in [6, 6.07) is 2.06. The van der Waals surface area contributed by atoms with Gasteiger partial charge in [0.25, 0.3) is 5.91 Å². The van der Waals surface area contributed by atoms with Crippen LogP contribution in [0.25, 0.3) is 0 Å². The molecule has 1 saturated heterocycles. The minimum Gasteiger partial charge on any atom is -0.490 e. The highest BCUT2D eigenvalue weighted by atomic mass is 16.6. The van der Waals surface area contributed by atoms with Crippen molar-refractivity contribution in [3.63, 3.8) is 0 Å². The molecule has 0 atom stereocenters. The van der Waals surface area contributed by atoms with Crippen LogP contribution in [0, 0.1) is 17.0 Å². The second kappa shape index (κ2) is 6.86. The zero-order chi connectivity index (χ0) is 19.8. The molecule has 27 heavy (non-hydrogen) atoms. The third-order valence-corrected chi connectivity index (χ3v) is 5.00. The highest BCUT2D eigenvalue weighted by Crippen LogP contribution is 2.35. The van der Waals surface area contributed by atoms with E-state index in [9.17, 15) is 24.5 Å². The van der Waals surface area contributed by atoms with E-state index in [0.29, 0.717) is 24.1 Å². The van der Waals surface area contributed by atoms with Gasteiger partial charge in [-0.05, 0) is 25.3 Å². The third kappa shape index (κ3) is 3.29. The van der Waals surface area contributed by atoms with Crippen LogP contribution in [0.1, 0.15) is 31.2 Å². The Hall–Kier alpha value is -3.17. The fourth-order valence-corrected chi connectivity index (χ4v) is 3.58. The van der Waals surface area contributed by atoms with Crippen LogP contribution in [0.4, 0.5) is 16.2 Å². The van der Waals surface area contributed by atoms with Crippen LogP contribution in [0.5, 0.6) is 5.75 Å². The van der Waals surface area contributed by atoms with Gasteiger partial charge in [0, 0.05) is 17.8 Å². The summed E-state index contributed by atoms with van der Waals surface area (Å²) in [4.78, 5) is 48.5. The lowest BCUT2D eigenvalue weighted by atomic mass is 9.98. The first-order valence-corrected chi connectivity index (χ1v) is 8.54. The van der Waals surface area contributed by atoms with Crippen LogP contribution in [0.3, 0.4) is 0 Å². The monoisotopic (exact) mass is 376 g/mol. The number of nitro groups is 1. The number of methoxy groups -OCH3 is 1. The Morgan fingerprint density at radius 3 is 2.63 bits per heavy atom. The van der Waals surface area contributed by atoms with Crippen molar-refractivity contribution in [1.82, 2.24) is 10.2 Å². The number of hydrogen-bond acceptors (Lipinski definition) is 6. The van der Waals surface area contributed by atoms with Crippen molar-refractivity contribution in [3.05, 3.63) is 27.8 Å². The van der Waals surface area contributed by atoms with Gasteiger partial charge in [0.15, 0.2) is 5.75 Å². The van der Waals surface area contributed by atoms with Gasteiger partial charge in [-0.2, -0.15) is 0 Å². The maximum atomic E-state index is 12.6. The molecule has 10 heteroatoms. The average Bonchev–Trinajstić information content (AvgIpc) is 3.17. The molecular formula is C17H20N4O6. The molecule has 0 aromatic heterocycles. The first-order chi connectivity index (χ1) is 12.8. The van der Waals surface area contributed by atoms with Crippen molar-refractivity contribution in [3.8, 4) is 5.75 Å². The number of nitrogens with one attached hydrogen (secondary N) is 2. The molecule has 4 amide bonds. The molecule has 3 rings (SSSR count). The number of aryl methyl sites for hydroxylation is 1. The van der Waals surface area contributed by atoms with Crippen molar-refractivity contribution >= 4 is 29.2 Å². The Labute approximate surface area is 155 Å². The number of rotatable bonds is 5. The predicted octanol–water partition coefficient (Wildman–Crippen LogP) is 1.71. The number of carbonyl (C=O) groups is 3. The minimum atomic E-state index is -0.871. The van der Waals surface area contributed by atoms with Gasteiger partial charge >= 0.3 is 11.7 Å². The highest BCUT2D eigenvalue weighted by Gasteiger charge is 2.52. The number of hydrogen-bond donors (Lipinski definition) is 2. The van der Waals surface area contributed by atoms with E-state index in [1.165, 1.54) is 19.2 Å². The van der Waals surface area contributed by atoms with Gasteiger partial charge in [-0.25, -0.2) is 4.79 Å². The van der Waals surface area contributed by atoms with Gasteiger partial charge in [0.1, 0.15) is 12.1 Å². The van der Waals surface area contributed by atoms with Gasteiger partial charge in [0.05, 0.1) is 12.0 Å². The van der Waals surface area contributed by atoms with Gasteiger partial charge in [-0.1, -0.05) is 12.8 Å². The van der Waals surface area contributed by atoms with Crippen LogP contribution >= 0.6 is 0 Å². The minimum absolute atomic E-state index is 0.000741. The summed E-state index contributed by atoms with van der Waals surface area (Å²) in [5.74, 6) is -0.952. The molecule has 0 radical (unpaired) electrons. The SMILES string of the molecule is COc1cc(NC(=O)CN2C(=O)NC3(CCCC3)C2=O)c(C)cc1[N+](=O)[O-]. The van der Waals surface area contributed by atoms with E-state index in [2.05, 4.69) is 10.6 Å². The molecule has 0 unspecified atom stereocenters. The number of nitro benzene ring substituents is 1. The predicted molar refractivity (Wildman–Crippen MR) is 94.5 cm³/mol. The van der Waals surface area contributed by atoms with Crippen LogP contribution in [-0.4, -0.2) is 46.9 Å². The van der Waals surface area contributed by atoms with Crippen molar-refractivity contribution in [2.45, 2.75) is 38.1 Å². The smallest absolute Gasteiger partial charge is 0.325 e. The molecule has 2 aliphatic rings. The summed E-state index contributed by atoms with van der Waals surface area (Å²) in [5, 5.41) is 16.3. The van der Waals surface area contributed by atoms with Crippen molar-refractivity contribution in [2.24, 2.45) is 0 Å². The molecule has 144 valence electrons. The van der Waals surface area contributed by atoms with Gasteiger partial charge in [0.2, 0.25) is 5.91 Å². The summed E-state index contributed by atoms with van der Waals surface area (Å²) in [5.41, 5.74) is -0.320. The fourth-order valence-electron chi connectivity index (χ4n) is 3.58. The molecule has 10 nitrogen and oxygen atoms in total. The number of ether oxygens (including phenoxy) is 1. The molecular weight excluding hydrogens is 356 g/mol. The zero-order valence-electron chi connectivity index (χ0n) is 15.0. The van der Waals surface area contributed by atoms with Crippen molar-refractivity contribution in [2.75, 3.05) is 19.0 Å². The van der Waals surface area contributed by atoms with Crippen LogP contribution in [-0.2, 0) is 9.59 Å². The summed E-state index contributed by atoms with van der Waals surface area (Å²) in [7, 11) is 1.29. The van der Waals surface area contributed by atoms with Gasteiger partial charge in [-0.15, -0.1) is 0 Å². The average molecular weight is 376 g/mol. The summed E-state index contributed by atoms with van der Waals surface area (Å²) >= 11 is 0. The quantitative estimate of drug-likeness (QED) is 0.457. The van der Waals surface area contributed by atoms with E-state index in [1.807, 2.05) is 0 Å². The maximum absolute atomic E-state index is 12.6. The van der Waals surface area contributed by atoms with E-state index in [-0.39, 0.29) is 17.3 Å². The van der Waals surface area contributed by atoms with Crippen molar-refractivity contribution in [1.29, 1.82) is 0 Å². The molecule has 2 N–H and O–H groups in total. The Kier molecular flexibility index (Phi) is 4.73. The topological polar surface area (TPSA) is 131 Å². The first-order valence-electron chi connectivity index (χ1n) is 8.54. The number of benzene rings is 1. The molecule has 1 aromatic rings. The number of carbonyl (C=O) groups excluding carboxylic acids is 3. The normalized spacial score (nSPS) is 17.9. The van der Waals surface area contributed by atoms with Crippen molar-refractivity contribution < 1.29 is 24.0 Å². The fraction of sp³-hybridized carbons (Fsp3) is 0.471. The lowest BCUT2D eigenvalue weighted by molar-refractivity contribution is -0.385. The van der Waals surface area contributed by atoms with Crippen LogP contribution in [0.2, 0.25) is 0 Å². The Balaban J connectivity index is 1.74. The summed E-state index contributed by atoms with van der Waals surface area (Å²) in [6.45, 7) is 1.18. The number of anilines is 1. The van der Waals surface area contributed by atoms with E-state index in [4.69, 9.17) is 4.74 Å². The van der Waals surface area contributed by atoms with Gasteiger partial charge < -0.3 is 15.4 Å². The number of nitrogens with zero attached hydrogens (tertiary/aromatic N) is 2. The molecule has 1 heterocycles. The van der Waals surface area contributed by atoms with Crippen LogP contribution < -0.4 is 15.4 Å². The van der Waals surface area contributed by atoms with E-state index in [0.717, 1.165) is 17.7 Å². The largest absolute Gasteiger partial charge is 0.490 e. The highest BCUT2D eigenvalue weighted by molar-refractivity contribution is 6.10. The molecule has 1 spiro atoms. The third-order valence-electron chi connectivity index (χ3n) is 5.00. The molecule has 1 aliphatic heterocycles. The second-order valence-electron chi connectivity index (χ2n) is 6.75. The van der Waals surface area contributed by atoms with Crippen LogP contribution in [0.15, 0.2) is 12.1 Å². The lowest BCUT2D eigenvalue weighted by Crippen LogP contribution is -2.44. The molecule has 0 bridgehead atoms. The van der Waals surface area contributed by atoms with E-state index in [1.54, 1.807) is 6.92 Å². The van der Waals surface area contributed by atoms with Gasteiger partial charge in [-0.3, -0.25) is 24.6 Å². The van der Waals surface area contributed by atoms with E-state index < -0.39 is 28.9 Å². The Morgan fingerprint density at radius 1 is 1.37 bits per heavy atom. The zero-order valence-corrected chi connectivity index (χ0v) is 15.0. The molecule has 2 fully saturated rings. The number of amides is 4. The lowest BCUT2D eigenvalue weighted by Gasteiger charge is -2.20. The molecule has 1 saturated carbocycles. The molecule has 1 aromatic carbocycles. The summed E-state index contributed by atoms with van der Waals surface area (Å²) in [6.07, 6.45) is 2.87. The number of imide groups is 1. The number of urea groups is 1. The first kappa shape index (κ1) is 18.6. The van der Waals surface area contributed by atoms with E-state index >= 15 is 0 Å². The maximum Gasteiger partial charge on any atom is 0.325 e. The molecule has 1 aliphatic carbocycles. The Bertz CT molecular complexity index is 831. The standard InChI is InChI=1S/C17H20N4O6/c1-10-7-12(21(25)26)13(27-2)8-11(10)18-14(22)9-20-15(23)17(19-16(20)24)5-3-4-6-17/h7-8H,3-6,9H2,1-2H3,(H,18,22)(H,19,24). The Morgan fingerprint density at radius 2 is 2.04 bits per heavy atom. The summed E-state index contributed by atoms with van der Waals surface area (Å²) < 4.78 is 4.99. The second-order valence-corrected chi connectivity index (χ2v) is 6.75.